The van der Waals surface area contributed by atoms with Gasteiger partial charge in [0, 0.05) is 18.7 Å². The molecule has 72 valence electrons. The van der Waals surface area contributed by atoms with Crippen molar-refractivity contribution in [2.24, 2.45) is 0 Å². The Bertz CT molecular complexity index is 383. The zero-order chi connectivity index (χ0) is 9.80. The smallest absolute Gasteiger partial charge is 0.143 e. The lowest BCUT2D eigenvalue weighted by Crippen LogP contribution is -1.99. The van der Waals surface area contributed by atoms with Gasteiger partial charge in [0.25, 0.3) is 0 Å². The van der Waals surface area contributed by atoms with Crippen LogP contribution in [0.2, 0.25) is 0 Å². The summed E-state index contributed by atoms with van der Waals surface area (Å²) in [6.07, 6.45) is 3.74. The molecule has 2 aromatic heterocycles. The maximum atomic E-state index is 8.70. The SMILES string of the molecule is OCCc1ccc(-n2cnnn2)cn1. The molecule has 0 aliphatic carbocycles. The van der Waals surface area contributed by atoms with E-state index in [4.69, 9.17) is 5.11 Å². The molecule has 2 rings (SSSR count). The predicted octanol–water partition coefficient (Wildman–Crippen LogP) is -0.408. The van der Waals surface area contributed by atoms with Crippen LogP contribution in [0.3, 0.4) is 0 Å². The molecule has 0 fully saturated rings. The van der Waals surface area contributed by atoms with Crippen molar-refractivity contribution in [3.63, 3.8) is 0 Å². The second-order valence-corrected chi connectivity index (χ2v) is 2.74. The van der Waals surface area contributed by atoms with E-state index in [9.17, 15) is 0 Å². The first-order valence-electron chi connectivity index (χ1n) is 4.19. The molecule has 0 atom stereocenters. The number of aliphatic hydroxyl groups excluding tert-OH is 1. The number of aromatic nitrogens is 5. The van der Waals surface area contributed by atoms with Gasteiger partial charge in [-0.2, -0.15) is 4.68 Å². The Morgan fingerprint density at radius 1 is 1.36 bits per heavy atom. The van der Waals surface area contributed by atoms with Gasteiger partial charge in [-0.3, -0.25) is 4.98 Å². The van der Waals surface area contributed by atoms with Crippen molar-refractivity contribution < 1.29 is 5.11 Å². The highest BCUT2D eigenvalue weighted by Gasteiger charge is 1.98. The van der Waals surface area contributed by atoms with Gasteiger partial charge in [-0.05, 0) is 22.6 Å². The van der Waals surface area contributed by atoms with E-state index in [1.165, 1.54) is 11.0 Å². The number of aliphatic hydroxyl groups is 1. The number of rotatable bonds is 3. The average Bonchev–Trinajstić information content (AvgIpc) is 2.72. The minimum absolute atomic E-state index is 0.108. The number of nitrogens with zero attached hydrogens (tertiary/aromatic N) is 5. The van der Waals surface area contributed by atoms with Crippen molar-refractivity contribution in [1.29, 1.82) is 0 Å². The minimum atomic E-state index is 0.108. The van der Waals surface area contributed by atoms with E-state index in [2.05, 4.69) is 20.5 Å². The van der Waals surface area contributed by atoms with Crippen LogP contribution >= 0.6 is 0 Å². The number of pyridine rings is 1. The third-order valence-corrected chi connectivity index (χ3v) is 1.79. The molecule has 0 amide bonds. The fourth-order valence-electron chi connectivity index (χ4n) is 1.09. The molecular weight excluding hydrogens is 182 g/mol. The van der Waals surface area contributed by atoms with E-state index >= 15 is 0 Å². The summed E-state index contributed by atoms with van der Waals surface area (Å²) < 4.78 is 1.52. The Morgan fingerprint density at radius 2 is 2.29 bits per heavy atom. The van der Waals surface area contributed by atoms with Crippen LogP contribution in [0.25, 0.3) is 5.69 Å². The Morgan fingerprint density at radius 3 is 2.86 bits per heavy atom. The van der Waals surface area contributed by atoms with Crippen LogP contribution in [-0.4, -0.2) is 36.9 Å². The summed E-state index contributed by atoms with van der Waals surface area (Å²) in [7, 11) is 0. The number of hydrogen-bond donors (Lipinski definition) is 1. The Balaban J connectivity index is 2.22. The Hall–Kier alpha value is -1.82. The van der Waals surface area contributed by atoms with E-state index in [0.29, 0.717) is 6.42 Å². The van der Waals surface area contributed by atoms with Crippen LogP contribution in [0.5, 0.6) is 0 Å². The molecule has 0 saturated heterocycles. The van der Waals surface area contributed by atoms with Crippen molar-refractivity contribution in [3.8, 4) is 5.69 Å². The summed E-state index contributed by atoms with van der Waals surface area (Å²) in [5, 5.41) is 19.5. The van der Waals surface area contributed by atoms with E-state index in [1.54, 1.807) is 6.20 Å². The van der Waals surface area contributed by atoms with Gasteiger partial charge in [0.2, 0.25) is 0 Å². The van der Waals surface area contributed by atoms with Crippen LogP contribution in [0.1, 0.15) is 5.69 Å². The topological polar surface area (TPSA) is 76.7 Å². The van der Waals surface area contributed by atoms with E-state index < -0.39 is 0 Å². The lowest BCUT2D eigenvalue weighted by Gasteiger charge is -2.00. The molecule has 0 unspecified atom stereocenters. The molecule has 6 nitrogen and oxygen atoms in total. The number of hydrogen-bond acceptors (Lipinski definition) is 5. The summed E-state index contributed by atoms with van der Waals surface area (Å²) in [6, 6.07) is 3.70. The maximum absolute atomic E-state index is 8.70. The summed E-state index contributed by atoms with van der Waals surface area (Å²) in [4.78, 5) is 4.15. The summed E-state index contributed by atoms with van der Waals surface area (Å²) >= 11 is 0. The second kappa shape index (κ2) is 3.93. The Labute approximate surface area is 80.2 Å². The molecule has 0 aromatic carbocycles. The predicted molar refractivity (Wildman–Crippen MR) is 47.7 cm³/mol. The van der Waals surface area contributed by atoms with Crippen molar-refractivity contribution in [2.45, 2.75) is 6.42 Å². The first-order valence-corrected chi connectivity index (χ1v) is 4.19. The molecule has 1 N–H and O–H groups in total. The van der Waals surface area contributed by atoms with Crippen molar-refractivity contribution >= 4 is 0 Å². The molecule has 0 spiro atoms. The van der Waals surface area contributed by atoms with Crippen LogP contribution < -0.4 is 0 Å². The molecule has 0 radical (unpaired) electrons. The molecule has 2 aromatic rings. The highest BCUT2D eigenvalue weighted by molar-refractivity contribution is 5.27. The number of tetrazole rings is 1. The Kier molecular flexibility index (Phi) is 2.46. The van der Waals surface area contributed by atoms with E-state index in [0.717, 1.165) is 11.4 Å². The molecule has 0 bridgehead atoms. The molecule has 0 aliphatic heterocycles. The first kappa shape index (κ1) is 8.76. The third-order valence-electron chi connectivity index (χ3n) is 1.79. The monoisotopic (exact) mass is 191 g/mol. The quantitative estimate of drug-likeness (QED) is 0.713. The standard InChI is InChI=1S/C8H9N5O/c14-4-3-7-1-2-8(5-9-7)13-6-10-11-12-13/h1-2,5-6,14H,3-4H2. The van der Waals surface area contributed by atoms with Gasteiger partial charge in [0.1, 0.15) is 6.33 Å². The van der Waals surface area contributed by atoms with Crippen LogP contribution in [0, 0.1) is 0 Å². The molecule has 2 heterocycles. The van der Waals surface area contributed by atoms with Gasteiger partial charge in [-0.1, -0.05) is 0 Å². The van der Waals surface area contributed by atoms with Gasteiger partial charge in [0.15, 0.2) is 0 Å². The van der Waals surface area contributed by atoms with Gasteiger partial charge in [-0.15, -0.1) is 5.10 Å². The average molecular weight is 191 g/mol. The summed E-state index contributed by atoms with van der Waals surface area (Å²) in [5.74, 6) is 0. The third kappa shape index (κ3) is 1.74. The molecule has 0 aliphatic rings. The fraction of sp³-hybridized carbons (Fsp3) is 0.250. The lowest BCUT2D eigenvalue weighted by atomic mass is 10.3. The summed E-state index contributed by atoms with van der Waals surface area (Å²) in [6.45, 7) is 0.108. The minimum Gasteiger partial charge on any atom is -0.396 e. The van der Waals surface area contributed by atoms with E-state index in [-0.39, 0.29) is 6.61 Å². The highest BCUT2D eigenvalue weighted by atomic mass is 16.3. The van der Waals surface area contributed by atoms with Crippen LogP contribution in [0.15, 0.2) is 24.7 Å². The molecule has 6 heteroatoms. The van der Waals surface area contributed by atoms with Gasteiger partial charge in [0.05, 0.1) is 11.9 Å². The maximum Gasteiger partial charge on any atom is 0.143 e. The van der Waals surface area contributed by atoms with Gasteiger partial charge >= 0.3 is 0 Å². The van der Waals surface area contributed by atoms with E-state index in [1.807, 2.05) is 12.1 Å². The lowest BCUT2D eigenvalue weighted by molar-refractivity contribution is 0.298. The summed E-state index contributed by atoms with van der Waals surface area (Å²) in [5.41, 5.74) is 1.65. The van der Waals surface area contributed by atoms with Gasteiger partial charge < -0.3 is 5.11 Å². The zero-order valence-electron chi connectivity index (χ0n) is 7.41. The second-order valence-electron chi connectivity index (χ2n) is 2.74. The van der Waals surface area contributed by atoms with Crippen LogP contribution in [0.4, 0.5) is 0 Å². The van der Waals surface area contributed by atoms with Crippen molar-refractivity contribution in [1.82, 2.24) is 25.2 Å². The molecule has 0 saturated carbocycles. The van der Waals surface area contributed by atoms with Crippen molar-refractivity contribution in [2.75, 3.05) is 6.61 Å². The normalized spacial score (nSPS) is 10.4. The zero-order valence-corrected chi connectivity index (χ0v) is 7.41. The van der Waals surface area contributed by atoms with Crippen molar-refractivity contribution in [3.05, 3.63) is 30.4 Å². The molecular formula is C8H9N5O. The molecule has 14 heavy (non-hydrogen) atoms. The first-order chi connectivity index (χ1) is 6.90. The largest absolute Gasteiger partial charge is 0.396 e. The van der Waals surface area contributed by atoms with Crippen LogP contribution in [-0.2, 0) is 6.42 Å². The highest BCUT2D eigenvalue weighted by Crippen LogP contribution is 2.04. The van der Waals surface area contributed by atoms with Gasteiger partial charge in [-0.25, -0.2) is 0 Å². The fourth-order valence-corrected chi connectivity index (χ4v) is 1.09.